The molecule has 0 bridgehead atoms. The van der Waals surface area contributed by atoms with Gasteiger partial charge in [0.2, 0.25) is 0 Å². The molecular weight excluding hydrogens is 226 g/mol. The first-order chi connectivity index (χ1) is 8.53. The van der Waals surface area contributed by atoms with Gasteiger partial charge in [0.25, 0.3) is 0 Å². The zero-order valence-corrected chi connectivity index (χ0v) is 11.0. The van der Waals surface area contributed by atoms with Crippen LogP contribution in [0.4, 0.5) is 0 Å². The lowest BCUT2D eigenvalue weighted by Gasteiger charge is -2.07. The van der Waals surface area contributed by atoms with Crippen molar-refractivity contribution >= 4 is 5.84 Å². The Morgan fingerprint density at radius 1 is 1.44 bits per heavy atom. The van der Waals surface area contributed by atoms with Gasteiger partial charge in [0.05, 0.1) is 0 Å². The molecular formula is C14H21N3O. The summed E-state index contributed by atoms with van der Waals surface area (Å²) in [5, 5.41) is 15.0. The molecule has 1 fully saturated rings. The summed E-state index contributed by atoms with van der Waals surface area (Å²) in [6.07, 6.45) is 1.32. The van der Waals surface area contributed by atoms with Crippen LogP contribution in [0.15, 0.2) is 29.4 Å². The maximum absolute atomic E-state index is 8.57. The number of benzene rings is 1. The minimum Gasteiger partial charge on any atom is -0.409 e. The van der Waals surface area contributed by atoms with Gasteiger partial charge in [0, 0.05) is 12.1 Å². The molecule has 2 rings (SSSR count). The maximum Gasteiger partial charge on any atom is 0.170 e. The molecule has 1 aliphatic rings. The van der Waals surface area contributed by atoms with Gasteiger partial charge < -0.3 is 16.3 Å². The molecule has 4 nitrogen and oxygen atoms in total. The van der Waals surface area contributed by atoms with Gasteiger partial charge in [-0.2, -0.15) is 0 Å². The molecule has 0 aliphatic heterocycles. The van der Waals surface area contributed by atoms with E-state index in [-0.39, 0.29) is 5.84 Å². The Morgan fingerprint density at radius 3 is 2.56 bits per heavy atom. The van der Waals surface area contributed by atoms with Crippen LogP contribution in [0.25, 0.3) is 0 Å². The van der Waals surface area contributed by atoms with Crippen molar-refractivity contribution in [1.82, 2.24) is 5.32 Å². The van der Waals surface area contributed by atoms with E-state index in [9.17, 15) is 0 Å². The average molecular weight is 247 g/mol. The molecule has 1 aromatic carbocycles. The van der Waals surface area contributed by atoms with E-state index in [2.05, 4.69) is 24.3 Å². The Morgan fingerprint density at radius 2 is 2.06 bits per heavy atom. The second-order valence-electron chi connectivity index (χ2n) is 5.70. The smallest absolute Gasteiger partial charge is 0.170 e. The third kappa shape index (κ3) is 3.01. The first-order valence-electron chi connectivity index (χ1n) is 6.30. The van der Waals surface area contributed by atoms with E-state index in [0.29, 0.717) is 5.41 Å². The number of nitrogens with one attached hydrogen (secondary N) is 1. The van der Waals surface area contributed by atoms with Gasteiger partial charge in [-0.25, -0.2) is 0 Å². The SMILES string of the molecule is CC1(C)CC1CNCc1ccc(/C(N)=N/O)cc1. The van der Waals surface area contributed by atoms with E-state index in [0.717, 1.165) is 24.6 Å². The fourth-order valence-corrected chi connectivity index (χ4v) is 2.17. The molecule has 0 aromatic heterocycles. The van der Waals surface area contributed by atoms with E-state index < -0.39 is 0 Å². The molecule has 0 spiro atoms. The van der Waals surface area contributed by atoms with Crippen LogP contribution in [0.3, 0.4) is 0 Å². The summed E-state index contributed by atoms with van der Waals surface area (Å²) in [5.74, 6) is 0.961. The van der Waals surface area contributed by atoms with Gasteiger partial charge in [-0.3, -0.25) is 0 Å². The number of hydrogen-bond donors (Lipinski definition) is 3. The van der Waals surface area contributed by atoms with Gasteiger partial charge in [0.1, 0.15) is 0 Å². The first-order valence-corrected chi connectivity index (χ1v) is 6.30. The Hall–Kier alpha value is -1.55. The van der Waals surface area contributed by atoms with Crippen molar-refractivity contribution < 1.29 is 5.21 Å². The Balaban J connectivity index is 1.80. The van der Waals surface area contributed by atoms with Crippen molar-refractivity contribution in [3.63, 3.8) is 0 Å². The molecule has 98 valence electrons. The fourth-order valence-electron chi connectivity index (χ4n) is 2.17. The summed E-state index contributed by atoms with van der Waals surface area (Å²) in [6, 6.07) is 7.73. The molecule has 18 heavy (non-hydrogen) atoms. The van der Waals surface area contributed by atoms with Crippen molar-refractivity contribution in [2.24, 2.45) is 22.2 Å². The third-order valence-electron chi connectivity index (χ3n) is 3.79. The van der Waals surface area contributed by atoms with E-state index in [1.54, 1.807) is 0 Å². The molecule has 4 N–H and O–H groups in total. The Kier molecular flexibility index (Phi) is 3.57. The van der Waals surface area contributed by atoms with Crippen LogP contribution >= 0.6 is 0 Å². The van der Waals surface area contributed by atoms with Gasteiger partial charge in [-0.05, 0) is 29.9 Å². The van der Waals surface area contributed by atoms with E-state index in [1.165, 1.54) is 12.0 Å². The van der Waals surface area contributed by atoms with Crippen LogP contribution in [-0.4, -0.2) is 17.6 Å². The highest BCUT2D eigenvalue weighted by molar-refractivity contribution is 5.96. The van der Waals surface area contributed by atoms with Crippen molar-refractivity contribution in [1.29, 1.82) is 0 Å². The molecule has 1 aliphatic carbocycles. The second kappa shape index (κ2) is 4.98. The zero-order chi connectivity index (χ0) is 13.2. The highest BCUT2D eigenvalue weighted by Crippen LogP contribution is 2.50. The van der Waals surface area contributed by atoms with Gasteiger partial charge in [-0.15, -0.1) is 0 Å². The predicted octanol–water partition coefficient (Wildman–Crippen LogP) is 1.92. The molecule has 0 radical (unpaired) electrons. The van der Waals surface area contributed by atoms with E-state index in [1.807, 2.05) is 24.3 Å². The minimum atomic E-state index is 0.147. The Labute approximate surface area is 108 Å². The topological polar surface area (TPSA) is 70.6 Å². The lowest BCUT2D eigenvalue weighted by molar-refractivity contribution is 0.318. The van der Waals surface area contributed by atoms with Crippen LogP contribution in [0.5, 0.6) is 0 Å². The summed E-state index contributed by atoms with van der Waals surface area (Å²) in [7, 11) is 0. The molecule has 0 heterocycles. The van der Waals surface area contributed by atoms with E-state index in [4.69, 9.17) is 10.9 Å². The summed E-state index contributed by atoms with van der Waals surface area (Å²) < 4.78 is 0. The summed E-state index contributed by atoms with van der Waals surface area (Å²) in [5.41, 5.74) is 7.99. The number of nitrogens with two attached hydrogens (primary N) is 1. The molecule has 4 heteroatoms. The number of hydrogen-bond acceptors (Lipinski definition) is 3. The summed E-state index contributed by atoms with van der Waals surface area (Å²) in [6.45, 7) is 6.56. The van der Waals surface area contributed by atoms with Crippen molar-refractivity contribution in [3.05, 3.63) is 35.4 Å². The quantitative estimate of drug-likeness (QED) is 0.322. The highest BCUT2D eigenvalue weighted by Gasteiger charge is 2.44. The molecule has 1 aromatic rings. The van der Waals surface area contributed by atoms with Crippen molar-refractivity contribution in [2.45, 2.75) is 26.8 Å². The largest absolute Gasteiger partial charge is 0.409 e. The molecule has 0 amide bonds. The molecule has 1 saturated carbocycles. The van der Waals surface area contributed by atoms with Crippen LogP contribution < -0.4 is 11.1 Å². The number of amidine groups is 1. The van der Waals surface area contributed by atoms with Crippen LogP contribution in [-0.2, 0) is 6.54 Å². The molecule has 1 unspecified atom stereocenters. The lowest BCUT2D eigenvalue weighted by Crippen LogP contribution is -2.18. The lowest BCUT2D eigenvalue weighted by atomic mass is 10.1. The van der Waals surface area contributed by atoms with Gasteiger partial charge in [0.15, 0.2) is 5.84 Å². The van der Waals surface area contributed by atoms with Gasteiger partial charge >= 0.3 is 0 Å². The zero-order valence-electron chi connectivity index (χ0n) is 11.0. The fraction of sp³-hybridized carbons (Fsp3) is 0.500. The summed E-state index contributed by atoms with van der Waals surface area (Å²) >= 11 is 0. The highest BCUT2D eigenvalue weighted by atomic mass is 16.4. The second-order valence-corrected chi connectivity index (χ2v) is 5.70. The average Bonchev–Trinajstić information content (AvgIpc) is 2.97. The van der Waals surface area contributed by atoms with Crippen LogP contribution in [0, 0.1) is 11.3 Å². The molecule has 1 atom stereocenters. The van der Waals surface area contributed by atoms with Crippen LogP contribution in [0.2, 0.25) is 0 Å². The van der Waals surface area contributed by atoms with E-state index >= 15 is 0 Å². The van der Waals surface area contributed by atoms with Gasteiger partial charge in [-0.1, -0.05) is 43.3 Å². The standard InChI is InChI=1S/C14H21N3O/c1-14(2)7-12(14)9-16-8-10-3-5-11(6-4-10)13(15)17-18/h3-6,12,16,18H,7-9H2,1-2H3,(H2,15,17). The maximum atomic E-state index is 8.57. The number of rotatable bonds is 5. The minimum absolute atomic E-state index is 0.147. The third-order valence-corrected chi connectivity index (χ3v) is 3.79. The van der Waals surface area contributed by atoms with Crippen LogP contribution in [0.1, 0.15) is 31.4 Å². The monoisotopic (exact) mass is 247 g/mol. The molecule has 0 saturated heterocycles. The normalized spacial score (nSPS) is 21.9. The number of nitrogens with zero attached hydrogens (tertiary/aromatic N) is 1. The number of oxime groups is 1. The predicted molar refractivity (Wildman–Crippen MR) is 72.5 cm³/mol. The summed E-state index contributed by atoms with van der Waals surface area (Å²) in [4.78, 5) is 0. The first kappa shape index (κ1) is 12.9. The van der Waals surface area contributed by atoms with Crippen molar-refractivity contribution in [3.8, 4) is 0 Å². The Bertz CT molecular complexity index is 437. The van der Waals surface area contributed by atoms with Crippen molar-refractivity contribution in [2.75, 3.05) is 6.54 Å².